The topological polar surface area (TPSA) is 0 Å². The molecule has 0 amide bonds. The summed E-state index contributed by atoms with van der Waals surface area (Å²) in [6.07, 6.45) is 2.03. The monoisotopic (exact) mass is 244 g/mol. The minimum Gasteiger partial charge on any atom is -0.240 e. The fourth-order valence-electron chi connectivity index (χ4n) is 2.67. The van der Waals surface area contributed by atoms with Crippen LogP contribution in [0, 0.1) is 18.8 Å². The Morgan fingerprint density at radius 3 is 2.22 bits per heavy atom. The third kappa shape index (κ3) is 2.27. The first kappa shape index (κ1) is 13.1. The van der Waals surface area contributed by atoms with Crippen molar-refractivity contribution >= 4 is 5.57 Å². The van der Waals surface area contributed by atoms with Gasteiger partial charge in [0, 0.05) is 5.92 Å². The van der Waals surface area contributed by atoms with Crippen molar-refractivity contribution in [3.05, 3.63) is 53.6 Å². The quantitative estimate of drug-likeness (QED) is 0.660. The molecule has 0 saturated heterocycles. The number of allylic oxidation sites excluding steroid dienone is 3. The van der Waals surface area contributed by atoms with Crippen molar-refractivity contribution in [2.24, 2.45) is 11.8 Å². The molecule has 0 aromatic heterocycles. The van der Waals surface area contributed by atoms with E-state index in [0.717, 1.165) is 16.7 Å². The van der Waals surface area contributed by atoms with E-state index in [4.69, 9.17) is 0 Å². The van der Waals surface area contributed by atoms with Gasteiger partial charge in [-0.2, -0.15) is 0 Å². The highest BCUT2D eigenvalue weighted by Gasteiger charge is 2.40. The van der Waals surface area contributed by atoms with E-state index in [1.165, 1.54) is 5.56 Å². The Morgan fingerprint density at radius 1 is 1.22 bits per heavy atom. The molecule has 96 valence electrons. The number of rotatable bonds is 3. The molecule has 0 bridgehead atoms. The van der Waals surface area contributed by atoms with Gasteiger partial charge in [-0.05, 0) is 43.4 Å². The Labute approximate surface area is 109 Å². The van der Waals surface area contributed by atoms with Gasteiger partial charge in [-0.25, -0.2) is 4.39 Å². The average molecular weight is 244 g/mol. The van der Waals surface area contributed by atoms with Gasteiger partial charge in [-0.15, -0.1) is 0 Å². The molecule has 0 nitrogen and oxygen atoms in total. The number of hydrogen-bond acceptors (Lipinski definition) is 0. The van der Waals surface area contributed by atoms with E-state index in [-0.39, 0.29) is 5.92 Å². The Morgan fingerprint density at radius 2 is 1.78 bits per heavy atom. The van der Waals surface area contributed by atoms with Crippen LogP contribution in [-0.4, -0.2) is 5.67 Å². The van der Waals surface area contributed by atoms with Gasteiger partial charge < -0.3 is 0 Å². The molecule has 1 aliphatic carbocycles. The predicted molar refractivity (Wildman–Crippen MR) is 76.1 cm³/mol. The lowest BCUT2D eigenvalue weighted by Crippen LogP contribution is -2.34. The van der Waals surface area contributed by atoms with Gasteiger partial charge >= 0.3 is 0 Å². The van der Waals surface area contributed by atoms with E-state index in [2.05, 4.69) is 44.7 Å². The zero-order valence-electron chi connectivity index (χ0n) is 11.6. The molecule has 1 aliphatic rings. The van der Waals surface area contributed by atoms with Crippen molar-refractivity contribution in [3.63, 3.8) is 0 Å². The van der Waals surface area contributed by atoms with Crippen LogP contribution in [0.3, 0.4) is 0 Å². The van der Waals surface area contributed by atoms with Crippen molar-refractivity contribution < 1.29 is 4.39 Å². The van der Waals surface area contributed by atoms with Crippen LogP contribution in [0.25, 0.3) is 5.57 Å². The lowest BCUT2D eigenvalue weighted by atomic mass is 9.66. The normalized spacial score (nSPS) is 23.3. The van der Waals surface area contributed by atoms with Crippen LogP contribution >= 0.6 is 0 Å². The van der Waals surface area contributed by atoms with Crippen LogP contribution in [0.1, 0.15) is 31.9 Å². The van der Waals surface area contributed by atoms with Crippen LogP contribution < -0.4 is 0 Å². The predicted octanol–water partition coefficient (Wildman–Crippen LogP) is 4.95. The molecule has 0 spiro atoms. The highest BCUT2D eigenvalue weighted by atomic mass is 19.1. The highest BCUT2D eigenvalue weighted by Crippen LogP contribution is 2.47. The average Bonchev–Trinajstić information content (AvgIpc) is 2.25. The summed E-state index contributed by atoms with van der Waals surface area (Å²) < 4.78 is 14.1. The van der Waals surface area contributed by atoms with E-state index in [0.29, 0.717) is 5.92 Å². The minimum absolute atomic E-state index is 0.146. The second kappa shape index (κ2) is 4.38. The maximum atomic E-state index is 14.1. The smallest absolute Gasteiger partial charge is 0.127 e. The Hall–Kier alpha value is -1.37. The Kier molecular flexibility index (Phi) is 3.18. The molecule has 0 heterocycles. The fraction of sp³-hybridized carbons (Fsp3) is 0.412. The highest BCUT2D eigenvalue weighted by molar-refractivity contribution is 5.71. The molecule has 1 aromatic carbocycles. The maximum Gasteiger partial charge on any atom is 0.127 e. The molecule has 0 fully saturated rings. The van der Waals surface area contributed by atoms with E-state index < -0.39 is 5.67 Å². The lowest BCUT2D eigenvalue weighted by molar-refractivity contribution is 0.228. The standard InChI is InChI=1S/C17H21F/c1-11-6-8-14(9-7-11)13(3)16-12(2)10-15(16)17(4,5)18/h6-10,12,16H,3H2,1-2,4-5H3. The van der Waals surface area contributed by atoms with Crippen molar-refractivity contribution in [1.82, 2.24) is 0 Å². The molecule has 1 aromatic rings. The summed E-state index contributed by atoms with van der Waals surface area (Å²) in [5, 5.41) is 0. The molecular weight excluding hydrogens is 223 g/mol. The van der Waals surface area contributed by atoms with E-state index in [9.17, 15) is 4.39 Å². The van der Waals surface area contributed by atoms with Crippen LogP contribution in [-0.2, 0) is 0 Å². The van der Waals surface area contributed by atoms with E-state index >= 15 is 0 Å². The molecule has 0 aliphatic heterocycles. The summed E-state index contributed by atoms with van der Waals surface area (Å²) in [6.45, 7) is 11.6. The summed E-state index contributed by atoms with van der Waals surface area (Å²) in [4.78, 5) is 0. The minimum atomic E-state index is -1.25. The van der Waals surface area contributed by atoms with Crippen LogP contribution in [0.15, 0.2) is 42.5 Å². The fourth-order valence-corrected chi connectivity index (χ4v) is 2.67. The summed E-state index contributed by atoms with van der Waals surface area (Å²) in [5.74, 6) is 0.525. The van der Waals surface area contributed by atoms with Gasteiger partial charge in [0.05, 0.1) is 0 Å². The molecular formula is C17H21F. The van der Waals surface area contributed by atoms with Crippen LogP contribution in [0.4, 0.5) is 4.39 Å². The molecule has 0 N–H and O–H groups in total. The largest absolute Gasteiger partial charge is 0.240 e. The van der Waals surface area contributed by atoms with Crippen molar-refractivity contribution in [2.45, 2.75) is 33.4 Å². The van der Waals surface area contributed by atoms with Crippen molar-refractivity contribution in [1.29, 1.82) is 0 Å². The van der Waals surface area contributed by atoms with Gasteiger partial charge in [0.25, 0.3) is 0 Å². The first-order valence-electron chi connectivity index (χ1n) is 6.47. The second-order valence-corrected chi connectivity index (χ2v) is 5.82. The third-order valence-corrected chi connectivity index (χ3v) is 3.79. The van der Waals surface area contributed by atoms with Crippen molar-refractivity contribution in [2.75, 3.05) is 0 Å². The molecule has 1 heteroatoms. The van der Waals surface area contributed by atoms with Crippen LogP contribution in [0.2, 0.25) is 0 Å². The molecule has 0 saturated carbocycles. The van der Waals surface area contributed by atoms with Gasteiger partial charge in [0.2, 0.25) is 0 Å². The Bertz CT molecular complexity index is 485. The van der Waals surface area contributed by atoms with Gasteiger partial charge in [-0.1, -0.05) is 49.4 Å². The molecule has 18 heavy (non-hydrogen) atoms. The summed E-state index contributed by atoms with van der Waals surface area (Å²) >= 11 is 0. The summed E-state index contributed by atoms with van der Waals surface area (Å²) in [7, 11) is 0. The van der Waals surface area contributed by atoms with E-state index in [1.807, 2.05) is 6.08 Å². The maximum absolute atomic E-state index is 14.1. The number of alkyl halides is 1. The summed E-state index contributed by atoms with van der Waals surface area (Å²) in [5.41, 5.74) is 3.01. The number of benzene rings is 1. The molecule has 0 radical (unpaired) electrons. The SMILES string of the molecule is C=C(c1ccc(C)cc1)C1C(C(C)(C)F)=CC1C. The number of aryl methyl sites for hydroxylation is 1. The number of halogens is 1. The first-order valence-corrected chi connectivity index (χ1v) is 6.47. The van der Waals surface area contributed by atoms with Gasteiger partial charge in [-0.3, -0.25) is 0 Å². The van der Waals surface area contributed by atoms with E-state index in [1.54, 1.807) is 13.8 Å². The summed E-state index contributed by atoms with van der Waals surface area (Å²) in [6, 6.07) is 8.30. The van der Waals surface area contributed by atoms with Crippen LogP contribution in [0.5, 0.6) is 0 Å². The van der Waals surface area contributed by atoms with Gasteiger partial charge in [0.15, 0.2) is 0 Å². The third-order valence-electron chi connectivity index (χ3n) is 3.79. The zero-order chi connectivity index (χ0) is 13.5. The number of hydrogen-bond donors (Lipinski definition) is 0. The lowest BCUT2D eigenvalue weighted by Gasteiger charge is -2.40. The molecule has 2 rings (SSSR count). The van der Waals surface area contributed by atoms with Gasteiger partial charge in [0.1, 0.15) is 5.67 Å². The Balaban J connectivity index is 2.25. The van der Waals surface area contributed by atoms with Crippen molar-refractivity contribution in [3.8, 4) is 0 Å². The molecule has 2 unspecified atom stereocenters. The second-order valence-electron chi connectivity index (χ2n) is 5.82. The first-order chi connectivity index (χ1) is 8.30. The zero-order valence-corrected chi connectivity index (χ0v) is 11.6. The molecule has 2 atom stereocenters.